The number of nitro groups is 1. The number of non-ortho nitro benzene ring substituents is 1. The fourth-order valence-electron chi connectivity index (χ4n) is 1.44. The van der Waals surface area contributed by atoms with E-state index in [1.165, 1.54) is 18.2 Å². The predicted molar refractivity (Wildman–Crippen MR) is 77.1 cm³/mol. The van der Waals surface area contributed by atoms with Crippen LogP contribution in [0.25, 0.3) is 0 Å². The zero-order valence-electron chi connectivity index (χ0n) is 10.7. The average molecular weight is 283 g/mol. The molecule has 104 valence electrons. The van der Waals surface area contributed by atoms with Crippen molar-refractivity contribution in [1.82, 2.24) is 10.6 Å². The molecule has 0 aromatic heterocycles. The second-order valence-corrected chi connectivity index (χ2v) is 4.44. The van der Waals surface area contributed by atoms with Crippen molar-refractivity contribution < 1.29 is 10.0 Å². The summed E-state index contributed by atoms with van der Waals surface area (Å²) < 4.78 is 0. The summed E-state index contributed by atoms with van der Waals surface area (Å²) in [5.41, 5.74) is 0.383. The normalized spacial score (nSPS) is 9.95. The van der Waals surface area contributed by atoms with Crippen molar-refractivity contribution in [1.29, 1.82) is 0 Å². The van der Waals surface area contributed by atoms with Crippen molar-refractivity contribution in [2.75, 3.05) is 6.54 Å². The van der Waals surface area contributed by atoms with Crippen LogP contribution in [0.15, 0.2) is 18.2 Å². The summed E-state index contributed by atoms with van der Waals surface area (Å²) in [5.74, 6) is 0.00876. The molecule has 0 amide bonds. The summed E-state index contributed by atoms with van der Waals surface area (Å²) in [6.45, 7) is 3.11. The number of rotatable bonds is 6. The zero-order valence-corrected chi connectivity index (χ0v) is 11.5. The summed E-state index contributed by atoms with van der Waals surface area (Å²) in [4.78, 5) is 10.1. The van der Waals surface area contributed by atoms with E-state index in [0.29, 0.717) is 10.7 Å². The van der Waals surface area contributed by atoms with Gasteiger partial charge < -0.3 is 15.7 Å². The molecule has 1 rings (SSSR count). The van der Waals surface area contributed by atoms with E-state index in [1.807, 2.05) is 0 Å². The second-order valence-electron chi connectivity index (χ2n) is 4.03. The van der Waals surface area contributed by atoms with Crippen LogP contribution in [0.4, 0.5) is 5.69 Å². The Balaban J connectivity index is 2.54. The molecule has 0 aliphatic carbocycles. The van der Waals surface area contributed by atoms with Crippen LogP contribution in [0.3, 0.4) is 0 Å². The molecule has 7 heteroatoms. The average Bonchev–Trinajstić information content (AvgIpc) is 2.37. The highest BCUT2D eigenvalue weighted by Crippen LogP contribution is 2.22. The highest BCUT2D eigenvalue weighted by Gasteiger charge is 2.10. The fraction of sp³-hybridized carbons (Fsp3) is 0.417. The minimum atomic E-state index is -0.499. The number of unbranched alkanes of at least 4 members (excludes halogenated alkanes) is 1. The molecule has 0 heterocycles. The van der Waals surface area contributed by atoms with Crippen molar-refractivity contribution >= 4 is 23.0 Å². The Morgan fingerprint density at radius 3 is 2.84 bits per heavy atom. The molecule has 1 aromatic carbocycles. The van der Waals surface area contributed by atoms with E-state index in [-0.39, 0.29) is 18.0 Å². The van der Waals surface area contributed by atoms with E-state index in [0.717, 1.165) is 19.4 Å². The van der Waals surface area contributed by atoms with Crippen LogP contribution >= 0.6 is 12.2 Å². The summed E-state index contributed by atoms with van der Waals surface area (Å²) >= 11 is 5.06. The molecule has 0 saturated heterocycles. The zero-order chi connectivity index (χ0) is 14.3. The Labute approximate surface area is 117 Å². The first-order chi connectivity index (χ1) is 9.04. The van der Waals surface area contributed by atoms with Crippen molar-refractivity contribution in [2.24, 2.45) is 0 Å². The highest BCUT2D eigenvalue weighted by atomic mass is 32.1. The van der Waals surface area contributed by atoms with Gasteiger partial charge in [-0.3, -0.25) is 10.1 Å². The lowest BCUT2D eigenvalue weighted by atomic mass is 10.2. The fourth-order valence-corrected chi connectivity index (χ4v) is 1.62. The van der Waals surface area contributed by atoms with Gasteiger partial charge >= 0.3 is 0 Å². The van der Waals surface area contributed by atoms with Gasteiger partial charge in [0, 0.05) is 30.8 Å². The van der Waals surface area contributed by atoms with Crippen LogP contribution in [-0.4, -0.2) is 21.7 Å². The van der Waals surface area contributed by atoms with Gasteiger partial charge in [-0.25, -0.2) is 0 Å². The summed E-state index contributed by atoms with van der Waals surface area (Å²) in [7, 11) is 0. The number of nitrogens with one attached hydrogen (secondary N) is 2. The van der Waals surface area contributed by atoms with Crippen molar-refractivity contribution in [3.05, 3.63) is 33.9 Å². The van der Waals surface area contributed by atoms with E-state index in [2.05, 4.69) is 17.6 Å². The van der Waals surface area contributed by atoms with E-state index in [1.54, 1.807) is 0 Å². The topological polar surface area (TPSA) is 87.4 Å². The van der Waals surface area contributed by atoms with Crippen LogP contribution in [0.5, 0.6) is 5.75 Å². The third-order valence-corrected chi connectivity index (χ3v) is 2.82. The smallest absolute Gasteiger partial charge is 0.270 e. The van der Waals surface area contributed by atoms with Gasteiger partial charge in [0.1, 0.15) is 5.75 Å². The van der Waals surface area contributed by atoms with Crippen LogP contribution in [0.1, 0.15) is 25.3 Å². The molecule has 0 radical (unpaired) electrons. The number of nitro benzene ring substituents is 1. The third-order valence-electron chi connectivity index (χ3n) is 2.53. The van der Waals surface area contributed by atoms with Gasteiger partial charge in [-0.2, -0.15) is 0 Å². The summed E-state index contributed by atoms with van der Waals surface area (Å²) in [5, 5.41) is 26.6. The van der Waals surface area contributed by atoms with E-state index < -0.39 is 4.92 Å². The van der Waals surface area contributed by atoms with Gasteiger partial charge in [0.25, 0.3) is 5.69 Å². The lowest BCUT2D eigenvalue weighted by Crippen LogP contribution is -2.35. The molecule has 0 atom stereocenters. The lowest BCUT2D eigenvalue weighted by Gasteiger charge is -2.10. The highest BCUT2D eigenvalue weighted by molar-refractivity contribution is 7.80. The van der Waals surface area contributed by atoms with Crippen molar-refractivity contribution in [2.45, 2.75) is 26.3 Å². The predicted octanol–water partition coefficient (Wildman–Crippen LogP) is 2.06. The number of aromatic hydroxyl groups is 1. The van der Waals surface area contributed by atoms with Crippen LogP contribution in [0.2, 0.25) is 0 Å². The van der Waals surface area contributed by atoms with Gasteiger partial charge in [-0.15, -0.1) is 0 Å². The van der Waals surface area contributed by atoms with Crippen LogP contribution < -0.4 is 10.6 Å². The second kappa shape index (κ2) is 7.52. The molecule has 0 saturated carbocycles. The third kappa shape index (κ3) is 5.09. The van der Waals surface area contributed by atoms with Gasteiger partial charge in [-0.1, -0.05) is 13.3 Å². The van der Waals surface area contributed by atoms with E-state index in [9.17, 15) is 15.2 Å². The van der Waals surface area contributed by atoms with Crippen LogP contribution in [-0.2, 0) is 6.54 Å². The minimum absolute atomic E-state index is 0.00876. The molecule has 0 spiro atoms. The van der Waals surface area contributed by atoms with Gasteiger partial charge in [0.2, 0.25) is 0 Å². The number of thiocarbonyl (C=S) groups is 1. The van der Waals surface area contributed by atoms with E-state index >= 15 is 0 Å². The largest absolute Gasteiger partial charge is 0.508 e. The first-order valence-corrected chi connectivity index (χ1v) is 6.43. The molecule has 1 aromatic rings. The summed E-state index contributed by atoms with van der Waals surface area (Å²) in [6, 6.07) is 3.90. The Morgan fingerprint density at radius 1 is 1.47 bits per heavy atom. The number of benzene rings is 1. The summed E-state index contributed by atoms with van der Waals surface area (Å²) in [6.07, 6.45) is 2.09. The standard InChI is InChI=1S/C12H17N3O3S/c1-2-3-6-13-12(19)14-8-9-7-10(15(17)18)4-5-11(9)16/h4-5,7,16H,2-3,6,8H2,1H3,(H2,13,14,19). The van der Waals surface area contributed by atoms with Crippen molar-refractivity contribution in [3.63, 3.8) is 0 Å². The first-order valence-electron chi connectivity index (χ1n) is 6.02. The molecular weight excluding hydrogens is 266 g/mol. The lowest BCUT2D eigenvalue weighted by molar-refractivity contribution is -0.384. The molecule has 0 unspecified atom stereocenters. The van der Waals surface area contributed by atoms with E-state index in [4.69, 9.17) is 12.2 Å². The number of nitrogens with zero attached hydrogens (tertiary/aromatic N) is 1. The maximum absolute atomic E-state index is 10.6. The Kier molecular flexibility index (Phi) is 6.01. The molecule has 19 heavy (non-hydrogen) atoms. The molecule has 0 aliphatic rings. The number of phenols is 1. The quantitative estimate of drug-likeness (QED) is 0.320. The molecule has 6 nitrogen and oxygen atoms in total. The van der Waals surface area contributed by atoms with Gasteiger partial charge in [-0.05, 0) is 24.7 Å². The Morgan fingerprint density at radius 2 is 2.21 bits per heavy atom. The molecule has 0 bridgehead atoms. The monoisotopic (exact) mass is 283 g/mol. The number of hydrogen-bond acceptors (Lipinski definition) is 4. The molecule has 3 N–H and O–H groups in total. The first kappa shape index (κ1) is 15.2. The number of phenolic OH excluding ortho intramolecular Hbond substituents is 1. The Bertz CT molecular complexity index is 466. The van der Waals surface area contributed by atoms with Crippen LogP contribution in [0, 0.1) is 10.1 Å². The minimum Gasteiger partial charge on any atom is -0.508 e. The van der Waals surface area contributed by atoms with Crippen molar-refractivity contribution in [3.8, 4) is 5.75 Å². The maximum atomic E-state index is 10.6. The molecular formula is C12H17N3O3S. The maximum Gasteiger partial charge on any atom is 0.270 e. The number of hydrogen-bond donors (Lipinski definition) is 3. The SMILES string of the molecule is CCCCNC(=S)NCc1cc([N+](=O)[O-])ccc1O. The Hall–Kier alpha value is -1.89. The van der Waals surface area contributed by atoms with Gasteiger partial charge in [0.05, 0.1) is 4.92 Å². The molecule has 0 aliphatic heterocycles. The molecule has 0 fully saturated rings. The van der Waals surface area contributed by atoms with Gasteiger partial charge in [0.15, 0.2) is 5.11 Å².